The summed E-state index contributed by atoms with van der Waals surface area (Å²) in [6, 6.07) is 0. The smallest absolute Gasteiger partial charge is 0.222 e. The van der Waals surface area contributed by atoms with E-state index in [0.717, 1.165) is 18.8 Å². The molecule has 0 radical (unpaired) electrons. The molecule has 17 heavy (non-hydrogen) atoms. The normalized spacial score (nSPS) is 10.9. The van der Waals surface area contributed by atoms with Gasteiger partial charge in [-0.2, -0.15) is 0 Å². The van der Waals surface area contributed by atoms with Crippen molar-refractivity contribution in [2.45, 2.75) is 46.0 Å². The standard InChI is InChI=1S/C13H27NO3/c1-12(2)6-4-3-5-7-13(17)14(8-10-15)9-11-16/h12,15-16H,3-11H2,1-2H3. The summed E-state index contributed by atoms with van der Waals surface area (Å²) in [5.41, 5.74) is 0. The highest BCUT2D eigenvalue weighted by Crippen LogP contribution is 2.10. The van der Waals surface area contributed by atoms with Crippen molar-refractivity contribution in [2.75, 3.05) is 26.3 Å². The third-order valence-corrected chi connectivity index (χ3v) is 2.76. The zero-order chi connectivity index (χ0) is 13.1. The summed E-state index contributed by atoms with van der Waals surface area (Å²) in [7, 11) is 0. The fourth-order valence-corrected chi connectivity index (χ4v) is 1.77. The van der Waals surface area contributed by atoms with Gasteiger partial charge < -0.3 is 15.1 Å². The Labute approximate surface area is 105 Å². The molecule has 0 atom stereocenters. The molecule has 0 bridgehead atoms. The molecule has 4 heteroatoms. The van der Waals surface area contributed by atoms with Crippen LogP contribution in [-0.4, -0.2) is 47.3 Å². The van der Waals surface area contributed by atoms with E-state index in [4.69, 9.17) is 10.2 Å². The summed E-state index contributed by atoms with van der Waals surface area (Å²) in [6.07, 6.45) is 4.89. The second-order valence-corrected chi connectivity index (χ2v) is 4.82. The molecule has 4 nitrogen and oxygen atoms in total. The molecule has 0 spiro atoms. The Morgan fingerprint density at radius 1 is 1.06 bits per heavy atom. The maximum absolute atomic E-state index is 11.7. The Bertz CT molecular complexity index is 189. The predicted octanol–water partition coefficient (Wildman–Crippen LogP) is 1.41. The zero-order valence-corrected chi connectivity index (χ0v) is 11.2. The second-order valence-electron chi connectivity index (χ2n) is 4.82. The average Bonchev–Trinajstić information content (AvgIpc) is 2.27. The van der Waals surface area contributed by atoms with E-state index in [2.05, 4.69) is 13.8 Å². The largest absolute Gasteiger partial charge is 0.395 e. The minimum atomic E-state index is -0.0426. The first-order chi connectivity index (χ1) is 8.11. The minimum absolute atomic E-state index is 0.0395. The van der Waals surface area contributed by atoms with Crippen molar-refractivity contribution in [3.05, 3.63) is 0 Å². The fraction of sp³-hybridized carbons (Fsp3) is 0.923. The fourth-order valence-electron chi connectivity index (χ4n) is 1.77. The molecule has 0 heterocycles. The highest BCUT2D eigenvalue weighted by Gasteiger charge is 2.11. The number of unbranched alkanes of at least 4 members (excludes halogenated alkanes) is 2. The van der Waals surface area contributed by atoms with Gasteiger partial charge in [-0.25, -0.2) is 0 Å². The molecule has 0 saturated heterocycles. The van der Waals surface area contributed by atoms with Crippen LogP contribution >= 0.6 is 0 Å². The molecule has 0 aromatic heterocycles. The highest BCUT2D eigenvalue weighted by atomic mass is 16.3. The van der Waals surface area contributed by atoms with Crippen molar-refractivity contribution in [2.24, 2.45) is 5.92 Å². The van der Waals surface area contributed by atoms with E-state index in [0.29, 0.717) is 19.5 Å². The SMILES string of the molecule is CC(C)CCCCCC(=O)N(CCO)CCO. The van der Waals surface area contributed by atoms with E-state index in [1.165, 1.54) is 17.7 Å². The van der Waals surface area contributed by atoms with Crippen LogP contribution in [0, 0.1) is 5.92 Å². The van der Waals surface area contributed by atoms with Crippen LogP contribution in [0.15, 0.2) is 0 Å². The lowest BCUT2D eigenvalue weighted by Gasteiger charge is -2.20. The first-order valence-corrected chi connectivity index (χ1v) is 6.61. The minimum Gasteiger partial charge on any atom is -0.395 e. The molecule has 0 aliphatic heterocycles. The highest BCUT2D eigenvalue weighted by molar-refractivity contribution is 5.76. The van der Waals surface area contributed by atoms with Crippen molar-refractivity contribution in [3.63, 3.8) is 0 Å². The van der Waals surface area contributed by atoms with Crippen molar-refractivity contribution in [1.29, 1.82) is 0 Å². The number of hydrogen-bond donors (Lipinski definition) is 2. The van der Waals surface area contributed by atoms with Gasteiger partial charge in [0.15, 0.2) is 0 Å². The van der Waals surface area contributed by atoms with Gasteiger partial charge in [0.05, 0.1) is 13.2 Å². The van der Waals surface area contributed by atoms with Gasteiger partial charge in [0.2, 0.25) is 5.91 Å². The molecule has 0 aliphatic carbocycles. The Balaban J connectivity index is 3.66. The van der Waals surface area contributed by atoms with E-state index < -0.39 is 0 Å². The zero-order valence-electron chi connectivity index (χ0n) is 11.2. The molecule has 0 aliphatic rings. The van der Waals surface area contributed by atoms with Crippen LogP contribution in [0.1, 0.15) is 46.0 Å². The molecular weight excluding hydrogens is 218 g/mol. The van der Waals surface area contributed by atoms with Gasteiger partial charge in [-0.3, -0.25) is 4.79 Å². The van der Waals surface area contributed by atoms with Gasteiger partial charge in [-0.15, -0.1) is 0 Å². The van der Waals surface area contributed by atoms with Crippen LogP contribution in [0.5, 0.6) is 0 Å². The maximum atomic E-state index is 11.7. The van der Waals surface area contributed by atoms with Gasteiger partial charge in [0.25, 0.3) is 0 Å². The molecule has 0 aromatic rings. The Hall–Kier alpha value is -0.610. The van der Waals surface area contributed by atoms with Crippen LogP contribution in [0.4, 0.5) is 0 Å². The first-order valence-electron chi connectivity index (χ1n) is 6.61. The summed E-state index contributed by atoms with van der Waals surface area (Å²) < 4.78 is 0. The lowest BCUT2D eigenvalue weighted by Crippen LogP contribution is -2.35. The summed E-state index contributed by atoms with van der Waals surface area (Å²) >= 11 is 0. The van der Waals surface area contributed by atoms with E-state index in [1.54, 1.807) is 0 Å². The van der Waals surface area contributed by atoms with Crippen molar-refractivity contribution < 1.29 is 15.0 Å². The molecule has 1 amide bonds. The maximum Gasteiger partial charge on any atom is 0.222 e. The molecule has 0 saturated carbocycles. The predicted molar refractivity (Wildman–Crippen MR) is 68.7 cm³/mol. The van der Waals surface area contributed by atoms with Crippen molar-refractivity contribution in [3.8, 4) is 0 Å². The Morgan fingerprint density at radius 3 is 2.12 bits per heavy atom. The van der Waals surface area contributed by atoms with Crippen LogP contribution in [0.2, 0.25) is 0 Å². The lowest BCUT2D eigenvalue weighted by molar-refractivity contribution is -0.132. The summed E-state index contributed by atoms with van der Waals surface area (Å²) in [6.45, 7) is 4.97. The van der Waals surface area contributed by atoms with Gasteiger partial charge in [0.1, 0.15) is 0 Å². The number of hydrogen-bond acceptors (Lipinski definition) is 3. The first kappa shape index (κ1) is 16.4. The quantitative estimate of drug-likeness (QED) is 0.572. The monoisotopic (exact) mass is 245 g/mol. The molecule has 0 rings (SSSR count). The van der Waals surface area contributed by atoms with E-state index >= 15 is 0 Å². The molecule has 2 N–H and O–H groups in total. The number of carbonyl (C=O) groups excluding carboxylic acids is 1. The number of carbonyl (C=O) groups is 1. The topological polar surface area (TPSA) is 60.8 Å². The van der Waals surface area contributed by atoms with Gasteiger partial charge in [-0.05, 0) is 12.3 Å². The third-order valence-electron chi connectivity index (χ3n) is 2.76. The van der Waals surface area contributed by atoms with Crippen molar-refractivity contribution in [1.82, 2.24) is 4.90 Å². The molecule has 0 unspecified atom stereocenters. The molecule has 0 fully saturated rings. The van der Waals surface area contributed by atoms with E-state index in [1.807, 2.05) is 0 Å². The van der Waals surface area contributed by atoms with Gasteiger partial charge in [-0.1, -0.05) is 33.1 Å². The number of amides is 1. The van der Waals surface area contributed by atoms with Crippen molar-refractivity contribution >= 4 is 5.91 Å². The summed E-state index contributed by atoms with van der Waals surface area (Å²) in [5.74, 6) is 0.767. The molecular formula is C13H27NO3. The Morgan fingerprint density at radius 2 is 1.65 bits per heavy atom. The average molecular weight is 245 g/mol. The van der Waals surface area contributed by atoms with E-state index in [-0.39, 0.29) is 19.1 Å². The number of rotatable bonds is 10. The van der Waals surface area contributed by atoms with E-state index in [9.17, 15) is 4.79 Å². The third kappa shape index (κ3) is 9.12. The lowest BCUT2D eigenvalue weighted by atomic mass is 10.0. The number of aliphatic hydroxyl groups excluding tert-OH is 2. The number of nitrogens with zero attached hydrogens (tertiary/aromatic N) is 1. The van der Waals surface area contributed by atoms with Crippen LogP contribution in [0.3, 0.4) is 0 Å². The van der Waals surface area contributed by atoms with Crippen LogP contribution < -0.4 is 0 Å². The number of aliphatic hydroxyl groups is 2. The van der Waals surface area contributed by atoms with Crippen LogP contribution in [-0.2, 0) is 4.79 Å². The second kappa shape index (κ2) is 10.5. The Kier molecular flexibility index (Phi) is 10.2. The summed E-state index contributed by atoms with van der Waals surface area (Å²) in [5, 5.41) is 17.6. The summed E-state index contributed by atoms with van der Waals surface area (Å²) in [4.78, 5) is 13.3. The van der Waals surface area contributed by atoms with Gasteiger partial charge in [0, 0.05) is 19.5 Å². The van der Waals surface area contributed by atoms with Crippen LogP contribution in [0.25, 0.3) is 0 Å². The molecule has 102 valence electrons. The van der Waals surface area contributed by atoms with Gasteiger partial charge >= 0.3 is 0 Å². The molecule has 0 aromatic carbocycles.